The number of thioether (sulfide) groups is 2. The molecule has 1 amide bonds. The van der Waals surface area contributed by atoms with Crippen LogP contribution in [0.3, 0.4) is 0 Å². The smallest absolute Gasteiger partial charge is 0.259 e. The first-order chi connectivity index (χ1) is 12.4. The molecule has 0 spiro atoms. The third-order valence-corrected chi connectivity index (χ3v) is 8.70. The predicted octanol–water partition coefficient (Wildman–Crippen LogP) is 3.00. The van der Waals surface area contributed by atoms with Gasteiger partial charge >= 0.3 is 0 Å². The molecule has 0 bridgehead atoms. The highest BCUT2D eigenvalue weighted by molar-refractivity contribution is 8.01. The van der Waals surface area contributed by atoms with Crippen molar-refractivity contribution < 1.29 is 13.2 Å². The van der Waals surface area contributed by atoms with Gasteiger partial charge in [0.05, 0.1) is 21.3 Å². The first-order valence-corrected chi connectivity index (χ1v) is 12.5. The van der Waals surface area contributed by atoms with Crippen LogP contribution in [-0.2, 0) is 10.0 Å². The van der Waals surface area contributed by atoms with E-state index in [9.17, 15) is 13.2 Å². The van der Waals surface area contributed by atoms with Gasteiger partial charge in [-0.25, -0.2) is 8.42 Å². The van der Waals surface area contributed by atoms with E-state index in [-0.39, 0.29) is 17.5 Å². The quantitative estimate of drug-likeness (QED) is 0.681. The van der Waals surface area contributed by atoms with Gasteiger partial charge in [0.15, 0.2) is 0 Å². The van der Waals surface area contributed by atoms with Gasteiger partial charge < -0.3 is 4.90 Å². The van der Waals surface area contributed by atoms with Crippen LogP contribution in [0.4, 0.5) is 0 Å². The van der Waals surface area contributed by atoms with Crippen molar-refractivity contribution >= 4 is 51.0 Å². The Morgan fingerprint density at radius 3 is 2.46 bits per heavy atom. The van der Waals surface area contributed by atoms with Gasteiger partial charge in [-0.15, -0.1) is 23.5 Å². The van der Waals surface area contributed by atoms with Crippen LogP contribution in [0.1, 0.15) is 15.9 Å². The second kappa shape index (κ2) is 7.89. The number of hydrogen-bond acceptors (Lipinski definition) is 7. The average molecular weight is 430 g/mol. The van der Waals surface area contributed by atoms with Crippen molar-refractivity contribution in [3.63, 3.8) is 0 Å². The van der Waals surface area contributed by atoms with Crippen LogP contribution in [0, 0.1) is 6.92 Å². The predicted molar refractivity (Wildman–Crippen MR) is 107 cm³/mol. The summed E-state index contributed by atoms with van der Waals surface area (Å²) >= 11 is 4.22. The Kier molecular flexibility index (Phi) is 5.97. The minimum Gasteiger partial charge on any atom is -0.323 e. The van der Waals surface area contributed by atoms with Crippen LogP contribution in [0.2, 0.25) is 0 Å². The molecule has 1 fully saturated rings. The number of sulfonamides is 1. The highest BCUT2D eigenvalue weighted by Crippen LogP contribution is 2.34. The second-order valence-corrected chi connectivity index (χ2v) is 10.3. The lowest BCUT2D eigenvalue weighted by molar-refractivity contribution is 0.0774. The molecule has 10 heteroatoms. The summed E-state index contributed by atoms with van der Waals surface area (Å²) in [6.07, 6.45) is 3.79. The molecule has 0 radical (unpaired) electrons. The zero-order valence-electron chi connectivity index (χ0n) is 14.6. The van der Waals surface area contributed by atoms with Gasteiger partial charge in [-0.2, -0.15) is 8.68 Å². The Labute approximate surface area is 166 Å². The summed E-state index contributed by atoms with van der Waals surface area (Å²) in [5, 5.41) is 0.698. The molecular formula is C16H19N3O3S4. The number of hydrogen-bond donors (Lipinski definition) is 0. The van der Waals surface area contributed by atoms with Crippen molar-refractivity contribution in [2.45, 2.75) is 21.1 Å². The minimum atomic E-state index is -3.61. The molecule has 0 unspecified atom stereocenters. The molecule has 1 aliphatic rings. The van der Waals surface area contributed by atoms with E-state index in [0.717, 1.165) is 9.77 Å². The molecule has 1 aromatic heterocycles. The van der Waals surface area contributed by atoms with Gasteiger partial charge in [-0.05, 0) is 43.1 Å². The van der Waals surface area contributed by atoms with Crippen LogP contribution < -0.4 is 0 Å². The molecule has 140 valence electrons. The van der Waals surface area contributed by atoms with E-state index in [4.69, 9.17) is 0 Å². The van der Waals surface area contributed by atoms with Crippen LogP contribution in [0.25, 0.3) is 0 Å². The fraction of sp³-hybridized carbons (Fsp3) is 0.375. The zero-order chi connectivity index (χ0) is 18.9. The van der Waals surface area contributed by atoms with Crippen molar-refractivity contribution in [3.05, 3.63) is 35.4 Å². The highest BCUT2D eigenvalue weighted by Gasteiger charge is 2.35. The third-order valence-electron chi connectivity index (χ3n) is 4.12. The Morgan fingerprint density at radius 1 is 1.15 bits per heavy atom. The fourth-order valence-electron chi connectivity index (χ4n) is 2.66. The highest BCUT2D eigenvalue weighted by atomic mass is 32.2. The maximum absolute atomic E-state index is 13.0. The third kappa shape index (κ3) is 3.65. The molecule has 0 aliphatic carbocycles. The number of carbonyl (C=O) groups excluding carboxylic acids is 1. The summed E-state index contributed by atoms with van der Waals surface area (Å²) in [4.78, 5) is 14.8. The SMILES string of the molecule is CSc1nsc(SC)c1C(=O)N1CCN(S(=O)(=O)c2ccc(C)cc2)C1. The minimum absolute atomic E-state index is 0.0620. The van der Waals surface area contributed by atoms with Crippen molar-refractivity contribution in [1.29, 1.82) is 0 Å². The molecular weight excluding hydrogens is 410 g/mol. The number of nitrogens with zero attached hydrogens (tertiary/aromatic N) is 3. The van der Waals surface area contributed by atoms with Crippen LogP contribution in [0.5, 0.6) is 0 Å². The monoisotopic (exact) mass is 429 g/mol. The van der Waals surface area contributed by atoms with Crippen LogP contribution in [0.15, 0.2) is 38.4 Å². The summed E-state index contributed by atoms with van der Waals surface area (Å²) in [6, 6.07) is 6.77. The number of carbonyl (C=O) groups is 1. The van der Waals surface area contributed by atoms with Crippen LogP contribution in [-0.4, -0.2) is 60.2 Å². The summed E-state index contributed by atoms with van der Waals surface area (Å²) in [5.41, 5.74) is 1.59. The van der Waals surface area contributed by atoms with Crippen molar-refractivity contribution in [2.24, 2.45) is 0 Å². The van der Waals surface area contributed by atoms with Gasteiger partial charge in [0.1, 0.15) is 5.03 Å². The summed E-state index contributed by atoms with van der Waals surface area (Å²) in [7, 11) is -3.61. The van der Waals surface area contributed by atoms with E-state index >= 15 is 0 Å². The first-order valence-electron chi connectivity index (χ1n) is 7.82. The number of rotatable bonds is 5. The van der Waals surface area contributed by atoms with E-state index in [1.54, 1.807) is 29.2 Å². The van der Waals surface area contributed by atoms with Crippen LogP contribution >= 0.6 is 35.1 Å². The molecule has 2 heterocycles. The first kappa shape index (κ1) is 19.7. The Balaban J connectivity index is 1.81. The molecule has 3 rings (SSSR count). The largest absolute Gasteiger partial charge is 0.323 e. The van der Waals surface area contributed by atoms with E-state index in [2.05, 4.69) is 4.37 Å². The lowest BCUT2D eigenvalue weighted by Crippen LogP contribution is -2.34. The van der Waals surface area contributed by atoms with Crippen molar-refractivity contribution in [2.75, 3.05) is 32.3 Å². The molecule has 1 aromatic carbocycles. The lowest BCUT2D eigenvalue weighted by atomic mass is 10.2. The van der Waals surface area contributed by atoms with E-state index in [1.807, 2.05) is 19.4 Å². The molecule has 1 aliphatic heterocycles. The molecule has 26 heavy (non-hydrogen) atoms. The van der Waals surface area contributed by atoms with E-state index in [0.29, 0.717) is 23.7 Å². The normalized spacial score (nSPS) is 15.6. The van der Waals surface area contributed by atoms with Gasteiger partial charge in [-0.1, -0.05) is 17.7 Å². The Morgan fingerprint density at radius 2 is 1.85 bits per heavy atom. The summed E-state index contributed by atoms with van der Waals surface area (Å²) in [6.45, 7) is 2.64. The average Bonchev–Trinajstić information content (AvgIpc) is 3.28. The fourth-order valence-corrected chi connectivity index (χ4v) is 6.32. The zero-order valence-corrected chi connectivity index (χ0v) is 17.9. The van der Waals surface area contributed by atoms with E-state index in [1.165, 1.54) is 39.4 Å². The van der Waals surface area contributed by atoms with Gasteiger partial charge in [-0.3, -0.25) is 4.79 Å². The van der Waals surface area contributed by atoms with Gasteiger partial charge in [0, 0.05) is 13.1 Å². The number of aryl methyl sites for hydroxylation is 1. The molecule has 1 saturated heterocycles. The standard InChI is InChI=1S/C16H19N3O3S4/c1-11-4-6-12(7-5-11)26(21,22)19-9-8-18(10-19)15(20)13-14(23-2)17-25-16(13)24-3/h4-7H,8-10H2,1-3H3. The maximum Gasteiger partial charge on any atom is 0.259 e. The van der Waals surface area contributed by atoms with Gasteiger partial charge in [0.2, 0.25) is 10.0 Å². The van der Waals surface area contributed by atoms with Crippen molar-refractivity contribution in [1.82, 2.24) is 13.6 Å². The molecule has 0 saturated carbocycles. The summed E-state index contributed by atoms with van der Waals surface area (Å²) < 4.78 is 32.2. The number of aromatic nitrogens is 1. The summed E-state index contributed by atoms with van der Waals surface area (Å²) in [5.74, 6) is -0.158. The maximum atomic E-state index is 13.0. The van der Waals surface area contributed by atoms with Gasteiger partial charge in [0.25, 0.3) is 5.91 Å². The Hall–Kier alpha value is -1.07. The molecule has 2 aromatic rings. The lowest BCUT2D eigenvalue weighted by Gasteiger charge is -2.19. The topological polar surface area (TPSA) is 70.6 Å². The Bertz CT molecular complexity index is 888. The molecule has 6 nitrogen and oxygen atoms in total. The molecule has 0 atom stereocenters. The van der Waals surface area contributed by atoms with Crippen molar-refractivity contribution in [3.8, 4) is 0 Å². The van der Waals surface area contributed by atoms with E-state index < -0.39 is 10.0 Å². The molecule has 0 N–H and O–H groups in total. The number of benzene rings is 1. The number of amides is 1. The second-order valence-electron chi connectivity index (χ2n) is 5.76.